The number of hydrogen-bond acceptors (Lipinski definition) is 10. The number of aliphatic hydroxyl groups excluding tert-OH is 1. The largest absolute Gasteiger partial charge is 0.459 e. The summed E-state index contributed by atoms with van der Waals surface area (Å²) >= 11 is 0. The first-order chi connectivity index (χ1) is 26.3. The molecule has 5 rings (SSSR count). The molecule has 1 saturated carbocycles. The summed E-state index contributed by atoms with van der Waals surface area (Å²) in [5.41, 5.74) is 30.9. The zero-order valence-electron chi connectivity index (χ0n) is 29.7. The molecule has 54 heavy (non-hydrogen) atoms. The quantitative estimate of drug-likeness (QED) is 0.0720. The molecule has 1 aliphatic carbocycles. The van der Waals surface area contributed by atoms with Gasteiger partial charge in [-0.25, -0.2) is 4.79 Å². The van der Waals surface area contributed by atoms with Crippen molar-refractivity contribution < 1.29 is 33.6 Å². The van der Waals surface area contributed by atoms with Crippen LogP contribution in [-0.4, -0.2) is 77.3 Å². The van der Waals surface area contributed by atoms with Gasteiger partial charge in [-0.1, -0.05) is 106 Å². The molecular weight excluding hydrogens is 696 g/mol. The molecule has 1 saturated heterocycles. The van der Waals surface area contributed by atoms with Crippen LogP contribution in [0.15, 0.2) is 106 Å². The van der Waals surface area contributed by atoms with Crippen LogP contribution < -0.4 is 0 Å². The van der Waals surface area contributed by atoms with E-state index < -0.39 is 66.6 Å². The molecule has 17 heteroatoms. The highest BCUT2D eigenvalue weighted by Gasteiger charge is 2.53. The maximum absolute atomic E-state index is 14.2. The second-order valence-corrected chi connectivity index (χ2v) is 13.1. The molecule has 3 aromatic rings. The van der Waals surface area contributed by atoms with Crippen LogP contribution in [0.25, 0.3) is 31.3 Å². The van der Waals surface area contributed by atoms with Crippen molar-refractivity contribution in [2.24, 2.45) is 21.3 Å². The molecule has 282 valence electrons. The van der Waals surface area contributed by atoms with Crippen LogP contribution in [0.1, 0.15) is 42.9 Å². The van der Waals surface area contributed by atoms with Gasteiger partial charge in [0, 0.05) is 40.2 Å². The molecule has 2 aliphatic rings. The highest BCUT2D eigenvalue weighted by molar-refractivity contribution is 5.68. The topological polar surface area (TPSA) is 241 Å². The minimum absolute atomic E-state index is 0.00770. The van der Waals surface area contributed by atoms with Crippen molar-refractivity contribution >= 4 is 12.1 Å². The van der Waals surface area contributed by atoms with Gasteiger partial charge in [-0.05, 0) is 52.5 Å². The first kappa shape index (κ1) is 39.4. The Morgan fingerprint density at radius 3 is 1.96 bits per heavy atom. The summed E-state index contributed by atoms with van der Waals surface area (Å²) in [5.74, 6) is -1.81. The smallest absolute Gasteiger partial charge is 0.410 e. The van der Waals surface area contributed by atoms with Gasteiger partial charge in [-0.3, -0.25) is 9.69 Å². The van der Waals surface area contributed by atoms with Crippen molar-refractivity contribution in [2.75, 3.05) is 6.61 Å². The first-order valence-electron chi connectivity index (χ1n) is 17.6. The Morgan fingerprint density at radius 1 is 0.815 bits per heavy atom. The molecule has 2 fully saturated rings. The normalized spacial score (nSPS) is 25.4. The summed E-state index contributed by atoms with van der Waals surface area (Å²) in [6.07, 6.45) is -4.87. The molecule has 0 bridgehead atoms. The molecule has 1 N–H and O–H groups in total. The van der Waals surface area contributed by atoms with Gasteiger partial charge in [0.25, 0.3) is 0 Å². The van der Waals surface area contributed by atoms with E-state index in [0.29, 0.717) is 6.42 Å². The van der Waals surface area contributed by atoms with Crippen LogP contribution in [0.5, 0.6) is 0 Å². The van der Waals surface area contributed by atoms with Gasteiger partial charge in [0.2, 0.25) is 0 Å². The highest BCUT2D eigenvalue weighted by atomic mass is 16.6. The van der Waals surface area contributed by atoms with E-state index in [4.69, 9.17) is 18.9 Å². The minimum atomic E-state index is -1.56. The molecule has 1 heterocycles. The second-order valence-electron chi connectivity index (χ2n) is 13.1. The third-order valence-corrected chi connectivity index (χ3v) is 9.64. The Labute approximate surface area is 311 Å². The van der Waals surface area contributed by atoms with Crippen LogP contribution in [0, 0.1) is 5.92 Å². The van der Waals surface area contributed by atoms with E-state index in [1.807, 2.05) is 91.0 Å². The lowest BCUT2D eigenvalue weighted by Gasteiger charge is -2.49. The lowest BCUT2D eigenvalue weighted by Crippen LogP contribution is -2.62. The summed E-state index contributed by atoms with van der Waals surface area (Å²) in [6, 6.07) is 24.5. The third-order valence-electron chi connectivity index (χ3n) is 9.64. The van der Waals surface area contributed by atoms with Crippen LogP contribution in [0.4, 0.5) is 4.79 Å². The zero-order chi connectivity index (χ0) is 38.3. The Kier molecular flexibility index (Phi) is 14.5. The molecule has 1 amide bonds. The fourth-order valence-electron chi connectivity index (χ4n) is 7.18. The van der Waals surface area contributed by atoms with E-state index >= 15 is 0 Å². The van der Waals surface area contributed by atoms with Gasteiger partial charge in [0.1, 0.15) is 12.7 Å². The average Bonchev–Trinajstić information content (AvgIpc) is 3.18. The Morgan fingerprint density at radius 2 is 1.37 bits per heavy atom. The van der Waals surface area contributed by atoms with Crippen LogP contribution in [0.2, 0.25) is 0 Å². The number of hydrogen-bond donors (Lipinski definition) is 1. The van der Waals surface area contributed by atoms with Gasteiger partial charge in [-0.2, -0.15) is 0 Å². The van der Waals surface area contributed by atoms with E-state index in [1.165, 1.54) is 0 Å². The second kappa shape index (κ2) is 19.9. The lowest BCUT2D eigenvalue weighted by molar-refractivity contribution is -0.185. The van der Waals surface area contributed by atoms with Crippen molar-refractivity contribution in [3.05, 3.63) is 139 Å². The summed E-state index contributed by atoms with van der Waals surface area (Å²) in [4.78, 5) is 36.7. The van der Waals surface area contributed by atoms with Gasteiger partial charge in [-0.15, -0.1) is 0 Å². The summed E-state index contributed by atoms with van der Waals surface area (Å²) in [7, 11) is 0. The summed E-state index contributed by atoms with van der Waals surface area (Å²) in [6.45, 7) is 1.55. The van der Waals surface area contributed by atoms with Crippen LogP contribution >= 0.6 is 0 Å². The molecule has 0 spiro atoms. The molecule has 0 radical (unpaired) electrons. The number of carbonyl (C=O) groups is 2. The van der Waals surface area contributed by atoms with Gasteiger partial charge in [0.05, 0.1) is 49.7 Å². The maximum Gasteiger partial charge on any atom is 0.410 e. The molecule has 4 unspecified atom stereocenters. The fourth-order valence-corrected chi connectivity index (χ4v) is 7.18. The van der Waals surface area contributed by atoms with Crippen LogP contribution in [-0.2, 0) is 43.5 Å². The predicted molar refractivity (Wildman–Crippen MR) is 195 cm³/mol. The Bertz CT molecular complexity index is 1820. The molecule has 17 nitrogen and oxygen atoms in total. The number of nitrogens with zero attached hydrogens (tertiary/aromatic N) is 10. The number of amides is 1. The van der Waals surface area contributed by atoms with E-state index in [0.717, 1.165) is 23.6 Å². The lowest BCUT2D eigenvalue weighted by atomic mass is 9.72. The van der Waals surface area contributed by atoms with Crippen molar-refractivity contribution in [2.45, 2.75) is 94.5 Å². The van der Waals surface area contributed by atoms with Gasteiger partial charge in [0.15, 0.2) is 0 Å². The third kappa shape index (κ3) is 10.4. The van der Waals surface area contributed by atoms with Crippen molar-refractivity contribution in [1.29, 1.82) is 0 Å². The fraction of sp³-hybridized carbons (Fsp3) is 0.459. The number of aliphatic hydroxyl groups is 1. The summed E-state index contributed by atoms with van der Waals surface area (Å²) in [5, 5.41) is 23.5. The SMILES string of the molecule is CC(=O)O[C@H]1C(N=[N+]=[N-])CC(N=[N+]=[N-])C([C@H]2O[C@H]([C@@H](COCc3ccccc3)N(Cc3ccccc3)C(=O)OCc3ccccc3)CCC2N=[N+]=[N-])[C@@H]1O. The molecule has 1 aliphatic heterocycles. The molecular formula is C37H42N10O7. The van der Waals surface area contributed by atoms with Gasteiger partial charge >= 0.3 is 12.1 Å². The van der Waals surface area contributed by atoms with Crippen LogP contribution in [0.3, 0.4) is 0 Å². The zero-order valence-corrected chi connectivity index (χ0v) is 29.7. The van der Waals surface area contributed by atoms with E-state index in [-0.39, 0.29) is 39.2 Å². The van der Waals surface area contributed by atoms with E-state index in [9.17, 15) is 31.3 Å². The number of benzene rings is 3. The predicted octanol–water partition coefficient (Wildman–Crippen LogP) is 7.31. The number of esters is 1. The van der Waals surface area contributed by atoms with E-state index in [2.05, 4.69) is 30.1 Å². The summed E-state index contributed by atoms with van der Waals surface area (Å²) < 4.78 is 24.4. The molecule has 3 aromatic carbocycles. The minimum Gasteiger partial charge on any atom is -0.459 e. The number of rotatable bonds is 15. The van der Waals surface area contributed by atoms with Crippen molar-refractivity contribution in [1.82, 2.24) is 4.90 Å². The van der Waals surface area contributed by atoms with E-state index in [1.54, 1.807) is 4.90 Å². The molecule has 9 atom stereocenters. The van der Waals surface area contributed by atoms with Crippen molar-refractivity contribution in [3.8, 4) is 0 Å². The monoisotopic (exact) mass is 738 g/mol. The number of azide groups is 3. The Hall–Kier alpha value is -5.79. The number of ether oxygens (including phenoxy) is 4. The van der Waals surface area contributed by atoms with Gasteiger partial charge < -0.3 is 24.1 Å². The molecule has 0 aromatic heterocycles. The first-order valence-corrected chi connectivity index (χ1v) is 17.6. The number of carbonyl (C=O) groups excluding carboxylic acids is 2. The van der Waals surface area contributed by atoms with Crippen molar-refractivity contribution in [3.63, 3.8) is 0 Å². The average molecular weight is 739 g/mol. The maximum atomic E-state index is 14.2. The highest BCUT2D eigenvalue weighted by Crippen LogP contribution is 2.41. The standard InChI is InChI=1S/C37H42N10O7/c1-24(48)53-36-30(43-46-40)19-29(42-45-39)33(34(36)49)35-28(41-44-38)17-18-32(54-35)31(23-51-21-26-13-7-3-8-14-26)47(20-25-11-5-2-6-12-25)37(50)52-22-27-15-9-4-10-16-27/h2-16,28-36,49H,17-23H2,1H3/t28?,29?,30?,31-,32+,33?,34+,35+,36+/m1/s1. The Balaban J connectivity index is 1.52.